The molecule has 0 aliphatic heterocycles. The van der Waals surface area contributed by atoms with E-state index in [0.717, 1.165) is 16.4 Å². The van der Waals surface area contributed by atoms with Gasteiger partial charge in [-0.2, -0.15) is 4.98 Å². The largest absolute Gasteiger partial charge is 0.494 e. The van der Waals surface area contributed by atoms with Crippen molar-refractivity contribution in [3.05, 3.63) is 41.5 Å². The fourth-order valence-electron chi connectivity index (χ4n) is 1.90. The molecule has 0 radical (unpaired) electrons. The maximum atomic E-state index is 5.99. The number of thiazole rings is 1. The standard InChI is InChI=1S/C14H13ClN2O2S/c1-2-18-10-3-5-11(6-4-10)19-13-12(9-15)17-7-8-20-14(17)16-13/h3-8H,2,9H2,1H3. The summed E-state index contributed by atoms with van der Waals surface area (Å²) in [5.74, 6) is 2.44. The summed E-state index contributed by atoms with van der Waals surface area (Å²) in [5, 5.41) is 1.97. The minimum Gasteiger partial charge on any atom is -0.494 e. The van der Waals surface area contributed by atoms with Crippen molar-refractivity contribution in [2.75, 3.05) is 6.61 Å². The van der Waals surface area contributed by atoms with Crippen LogP contribution in [-0.4, -0.2) is 16.0 Å². The van der Waals surface area contributed by atoms with E-state index in [1.807, 2.05) is 47.2 Å². The van der Waals surface area contributed by atoms with Gasteiger partial charge in [0.15, 0.2) is 4.96 Å². The lowest BCUT2D eigenvalue weighted by Crippen LogP contribution is -1.93. The molecule has 0 saturated carbocycles. The summed E-state index contributed by atoms with van der Waals surface area (Å²) in [6.45, 7) is 2.60. The SMILES string of the molecule is CCOc1ccc(Oc2nc3sccn3c2CCl)cc1. The summed E-state index contributed by atoms with van der Waals surface area (Å²) < 4.78 is 13.2. The molecular formula is C14H13ClN2O2S. The first-order valence-corrected chi connectivity index (χ1v) is 7.64. The predicted octanol–water partition coefficient (Wildman–Crippen LogP) is 4.33. The zero-order valence-electron chi connectivity index (χ0n) is 10.9. The number of benzene rings is 1. The molecule has 104 valence electrons. The van der Waals surface area contributed by atoms with Crippen molar-refractivity contribution in [2.24, 2.45) is 0 Å². The van der Waals surface area contributed by atoms with Crippen molar-refractivity contribution >= 4 is 27.9 Å². The second-order valence-corrected chi connectivity index (χ2v) is 5.20. The molecule has 0 fully saturated rings. The van der Waals surface area contributed by atoms with Crippen LogP contribution in [0.5, 0.6) is 17.4 Å². The number of hydrogen-bond donors (Lipinski definition) is 0. The van der Waals surface area contributed by atoms with Gasteiger partial charge in [0.05, 0.1) is 12.5 Å². The average molecular weight is 309 g/mol. The van der Waals surface area contributed by atoms with Crippen molar-refractivity contribution in [1.82, 2.24) is 9.38 Å². The van der Waals surface area contributed by atoms with Gasteiger partial charge in [0.25, 0.3) is 0 Å². The van der Waals surface area contributed by atoms with Crippen molar-refractivity contribution in [1.29, 1.82) is 0 Å². The van der Waals surface area contributed by atoms with Gasteiger partial charge in [0.1, 0.15) is 17.2 Å². The van der Waals surface area contributed by atoms with Gasteiger partial charge in [-0.3, -0.25) is 4.40 Å². The minimum absolute atomic E-state index is 0.351. The molecule has 0 amide bonds. The molecule has 2 heterocycles. The quantitative estimate of drug-likeness (QED) is 0.658. The lowest BCUT2D eigenvalue weighted by molar-refractivity contribution is 0.339. The molecule has 3 rings (SSSR count). The summed E-state index contributed by atoms with van der Waals surface area (Å²) in [7, 11) is 0. The maximum absolute atomic E-state index is 5.99. The van der Waals surface area contributed by atoms with Crippen LogP contribution in [0.15, 0.2) is 35.8 Å². The number of alkyl halides is 1. The molecule has 0 N–H and O–H groups in total. The zero-order valence-corrected chi connectivity index (χ0v) is 12.4. The fourth-order valence-corrected chi connectivity index (χ4v) is 2.87. The second kappa shape index (κ2) is 5.73. The van der Waals surface area contributed by atoms with E-state index in [9.17, 15) is 0 Å². The number of imidazole rings is 1. The van der Waals surface area contributed by atoms with Crippen LogP contribution in [0.3, 0.4) is 0 Å². The zero-order chi connectivity index (χ0) is 13.9. The molecule has 3 aromatic rings. The molecular weight excluding hydrogens is 296 g/mol. The monoisotopic (exact) mass is 308 g/mol. The lowest BCUT2D eigenvalue weighted by atomic mass is 10.3. The Morgan fingerprint density at radius 2 is 2.00 bits per heavy atom. The van der Waals surface area contributed by atoms with Gasteiger partial charge in [-0.15, -0.1) is 22.9 Å². The molecule has 2 aromatic heterocycles. The van der Waals surface area contributed by atoms with E-state index in [0.29, 0.717) is 24.1 Å². The van der Waals surface area contributed by atoms with E-state index in [2.05, 4.69) is 4.98 Å². The number of fused-ring (bicyclic) bond motifs is 1. The smallest absolute Gasteiger partial charge is 0.243 e. The van der Waals surface area contributed by atoms with Crippen molar-refractivity contribution in [2.45, 2.75) is 12.8 Å². The predicted molar refractivity (Wildman–Crippen MR) is 80.3 cm³/mol. The van der Waals surface area contributed by atoms with Crippen molar-refractivity contribution in [3.8, 4) is 17.4 Å². The molecule has 0 bridgehead atoms. The molecule has 20 heavy (non-hydrogen) atoms. The van der Waals surface area contributed by atoms with Crippen LogP contribution >= 0.6 is 22.9 Å². The molecule has 0 spiro atoms. The number of hydrogen-bond acceptors (Lipinski definition) is 4. The van der Waals surface area contributed by atoms with Gasteiger partial charge in [-0.25, -0.2) is 0 Å². The van der Waals surface area contributed by atoms with E-state index >= 15 is 0 Å². The molecule has 0 atom stereocenters. The number of aromatic nitrogens is 2. The minimum atomic E-state index is 0.351. The summed E-state index contributed by atoms with van der Waals surface area (Å²) in [6.07, 6.45) is 1.94. The Morgan fingerprint density at radius 1 is 1.25 bits per heavy atom. The van der Waals surface area contributed by atoms with Crippen molar-refractivity contribution < 1.29 is 9.47 Å². The van der Waals surface area contributed by atoms with Crippen LogP contribution in [0, 0.1) is 0 Å². The van der Waals surface area contributed by atoms with Crippen LogP contribution < -0.4 is 9.47 Å². The van der Waals surface area contributed by atoms with Crippen LogP contribution in [0.1, 0.15) is 12.6 Å². The molecule has 6 heteroatoms. The van der Waals surface area contributed by atoms with E-state index in [1.54, 1.807) is 11.3 Å². The van der Waals surface area contributed by atoms with Crippen LogP contribution in [0.2, 0.25) is 0 Å². The van der Waals surface area contributed by atoms with Gasteiger partial charge >= 0.3 is 0 Å². The molecule has 1 aromatic carbocycles. The number of ether oxygens (including phenoxy) is 2. The highest BCUT2D eigenvalue weighted by Gasteiger charge is 2.14. The average Bonchev–Trinajstić information content (AvgIpc) is 3.01. The number of halogens is 1. The molecule has 0 saturated heterocycles. The number of rotatable bonds is 5. The van der Waals surface area contributed by atoms with Gasteiger partial charge in [0.2, 0.25) is 5.88 Å². The molecule has 0 aliphatic carbocycles. The van der Waals surface area contributed by atoms with Crippen LogP contribution in [0.25, 0.3) is 4.96 Å². The van der Waals surface area contributed by atoms with E-state index < -0.39 is 0 Å². The van der Waals surface area contributed by atoms with Crippen LogP contribution in [0.4, 0.5) is 0 Å². The molecule has 0 unspecified atom stereocenters. The normalized spacial score (nSPS) is 10.9. The summed E-state index contributed by atoms with van der Waals surface area (Å²) in [6, 6.07) is 7.46. The van der Waals surface area contributed by atoms with Gasteiger partial charge in [0, 0.05) is 11.6 Å². The fraction of sp³-hybridized carbons (Fsp3) is 0.214. The first-order chi connectivity index (χ1) is 9.81. The Balaban J connectivity index is 1.86. The molecule has 0 aliphatic rings. The third kappa shape index (κ3) is 2.46. The van der Waals surface area contributed by atoms with Crippen LogP contribution in [-0.2, 0) is 5.88 Å². The lowest BCUT2D eigenvalue weighted by Gasteiger charge is -2.06. The Morgan fingerprint density at radius 3 is 2.70 bits per heavy atom. The third-order valence-corrected chi connectivity index (χ3v) is 3.81. The topological polar surface area (TPSA) is 35.8 Å². The third-order valence-electron chi connectivity index (χ3n) is 2.80. The maximum Gasteiger partial charge on any atom is 0.243 e. The first-order valence-electron chi connectivity index (χ1n) is 6.23. The summed E-state index contributed by atoms with van der Waals surface area (Å²) in [4.78, 5) is 5.32. The highest BCUT2D eigenvalue weighted by molar-refractivity contribution is 7.15. The number of nitrogens with zero attached hydrogens (tertiary/aromatic N) is 2. The highest BCUT2D eigenvalue weighted by atomic mass is 35.5. The van der Waals surface area contributed by atoms with E-state index in [-0.39, 0.29) is 0 Å². The Hall–Kier alpha value is -1.72. The van der Waals surface area contributed by atoms with E-state index in [1.165, 1.54) is 0 Å². The van der Waals surface area contributed by atoms with Gasteiger partial charge in [-0.1, -0.05) is 0 Å². The Kier molecular flexibility index (Phi) is 3.80. The molecule has 4 nitrogen and oxygen atoms in total. The highest BCUT2D eigenvalue weighted by Crippen LogP contribution is 2.29. The van der Waals surface area contributed by atoms with Crippen molar-refractivity contribution in [3.63, 3.8) is 0 Å². The Labute approximate surface area is 125 Å². The van der Waals surface area contributed by atoms with Gasteiger partial charge in [-0.05, 0) is 31.2 Å². The van der Waals surface area contributed by atoms with E-state index in [4.69, 9.17) is 21.1 Å². The summed E-state index contributed by atoms with van der Waals surface area (Å²) in [5.41, 5.74) is 0.858. The van der Waals surface area contributed by atoms with Gasteiger partial charge < -0.3 is 9.47 Å². The first kappa shape index (κ1) is 13.3. The Bertz CT molecular complexity index is 706. The summed E-state index contributed by atoms with van der Waals surface area (Å²) >= 11 is 7.54. The second-order valence-electron chi connectivity index (χ2n) is 4.06.